The van der Waals surface area contributed by atoms with Gasteiger partial charge in [-0.15, -0.1) is 0 Å². The minimum atomic E-state index is 1.03. The molecule has 0 saturated heterocycles. The van der Waals surface area contributed by atoms with Crippen LogP contribution in [0.3, 0.4) is 0 Å². The summed E-state index contributed by atoms with van der Waals surface area (Å²) < 4.78 is 3.41. The van der Waals surface area contributed by atoms with Crippen molar-refractivity contribution in [1.82, 2.24) is 9.38 Å². The first-order chi connectivity index (χ1) is 8.84. The summed E-state index contributed by atoms with van der Waals surface area (Å²) in [7, 11) is 0. The van der Waals surface area contributed by atoms with Gasteiger partial charge in [0.2, 0.25) is 0 Å². The third kappa shape index (κ3) is 1.31. The first-order valence-electron chi connectivity index (χ1n) is 5.77. The molecule has 4 aromatic rings. The van der Waals surface area contributed by atoms with Crippen LogP contribution in [0.1, 0.15) is 0 Å². The molecule has 0 N–H and O–H groups in total. The van der Waals surface area contributed by atoms with E-state index in [1.165, 1.54) is 25.2 Å². The third-order valence-electron chi connectivity index (χ3n) is 3.32. The second-order valence-electron chi connectivity index (χ2n) is 4.33. The van der Waals surface area contributed by atoms with Crippen LogP contribution in [0.25, 0.3) is 27.3 Å². The van der Waals surface area contributed by atoms with Crippen molar-refractivity contribution in [3.8, 4) is 0 Å². The number of imidazole rings is 1. The zero-order chi connectivity index (χ0) is 12.1. The lowest BCUT2D eigenvalue weighted by Gasteiger charge is -2.08. The van der Waals surface area contributed by atoms with Gasteiger partial charge in [0.15, 0.2) is 0 Å². The second-order valence-corrected chi connectivity index (χ2v) is 5.57. The Morgan fingerprint density at radius 1 is 0.944 bits per heavy atom. The normalized spacial score (nSPS) is 11.6. The van der Waals surface area contributed by atoms with Crippen LogP contribution in [-0.2, 0) is 0 Å². The Kier molecular flexibility index (Phi) is 2.11. The largest absolute Gasteiger partial charge is 0.299 e. The summed E-state index contributed by atoms with van der Waals surface area (Å²) in [6.45, 7) is 0. The van der Waals surface area contributed by atoms with Gasteiger partial charge in [-0.1, -0.05) is 24.3 Å². The van der Waals surface area contributed by atoms with E-state index >= 15 is 0 Å². The van der Waals surface area contributed by atoms with Crippen molar-refractivity contribution >= 4 is 49.9 Å². The van der Waals surface area contributed by atoms with Gasteiger partial charge >= 0.3 is 0 Å². The van der Waals surface area contributed by atoms with Crippen LogP contribution in [0.4, 0.5) is 0 Å². The van der Waals surface area contributed by atoms with Gasteiger partial charge in [0, 0.05) is 26.7 Å². The molecule has 86 valence electrons. The molecule has 0 aliphatic carbocycles. The number of halogens is 1. The molecule has 0 spiro atoms. The van der Waals surface area contributed by atoms with Gasteiger partial charge in [-0.05, 0) is 46.2 Å². The molecule has 2 nitrogen and oxygen atoms in total. The third-order valence-corrected chi connectivity index (χ3v) is 3.99. The standard InChI is InChI=1S/C15H9IN2/c16-10-5-6-14-13(9-10)11-3-1-2-4-12(11)15-17-7-8-18(14)15/h1-9H. The van der Waals surface area contributed by atoms with E-state index in [-0.39, 0.29) is 0 Å². The summed E-state index contributed by atoms with van der Waals surface area (Å²) in [4.78, 5) is 4.48. The molecule has 2 aromatic carbocycles. The number of hydrogen-bond donors (Lipinski definition) is 0. The highest BCUT2D eigenvalue weighted by molar-refractivity contribution is 14.1. The molecule has 2 heterocycles. The van der Waals surface area contributed by atoms with Crippen LogP contribution in [0.15, 0.2) is 54.9 Å². The monoisotopic (exact) mass is 344 g/mol. The number of fused-ring (bicyclic) bond motifs is 6. The van der Waals surface area contributed by atoms with Crippen molar-refractivity contribution in [1.29, 1.82) is 0 Å². The first kappa shape index (κ1) is 10.3. The fraction of sp³-hybridized carbons (Fsp3) is 0. The highest BCUT2D eigenvalue weighted by Crippen LogP contribution is 2.29. The van der Waals surface area contributed by atoms with Crippen LogP contribution >= 0.6 is 22.6 Å². The van der Waals surface area contributed by atoms with E-state index < -0.39 is 0 Å². The van der Waals surface area contributed by atoms with Gasteiger partial charge in [-0.2, -0.15) is 0 Å². The highest BCUT2D eigenvalue weighted by atomic mass is 127. The quantitative estimate of drug-likeness (QED) is 0.344. The molecule has 4 rings (SSSR count). The van der Waals surface area contributed by atoms with Crippen LogP contribution < -0.4 is 0 Å². The molecule has 0 unspecified atom stereocenters. The molecule has 0 aliphatic heterocycles. The van der Waals surface area contributed by atoms with Gasteiger partial charge in [0.25, 0.3) is 0 Å². The van der Waals surface area contributed by atoms with Gasteiger partial charge in [0.05, 0.1) is 5.52 Å². The van der Waals surface area contributed by atoms with E-state index in [1.807, 2.05) is 12.4 Å². The number of hydrogen-bond acceptors (Lipinski definition) is 1. The lowest BCUT2D eigenvalue weighted by Crippen LogP contribution is -1.90. The molecular weight excluding hydrogens is 335 g/mol. The van der Waals surface area contributed by atoms with Gasteiger partial charge < -0.3 is 0 Å². The summed E-state index contributed by atoms with van der Waals surface area (Å²) in [5.41, 5.74) is 2.24. The van der Waals surface area contributed by atoms with Gasteiger partial charge in [0.1, 0.15) is 5.65 Å². The van der Waals surface area contributed by atoms with Crippen molar-refractivity contribution in [2.24, 2.45) is 0 Å². The van der Waals surface area contributed by atoms with E-state index in [4.69, 9.17) is 0 Å². The molecule has 0 fully saturated rings. The van der Waals surface area contributed by atoms with Crippen LogP contribution in [0.2, 0.25) is 0 Å². The maximum atomic E-state index is 4.48. The molecule has 0 saturated carbocycles. The molecular formula is C15H9IN2. The SMILES string of the molecule is Ic1ccc2c(c1)c1ccccc1c1nccn21. The molecule has 0 aliphatic rings. The van der Waals surface area contributed by atoms with E-state index in [0.717, 1.165) is 5.65 Å². The lowest BCUT2D eigenvalue weighted by molar-refractivity contribution is 1.27. The lowest BCUT2D eigenvalue weighted by atomic mass is 10.1. The molecule has 0 atom stereocenters. The van der Waals surface area contributed by atoms with Crippen molar-refractivity contribution in [2.45, 2.75) is 0 Å². The summed E-state index contributed by atoms with van der Waals surface area (Å²) in [6.07, 6.45) is 3.89. The van der Waals surface area contributed by atoms with Gasteiger partial charge in [-0.25, -0.2) is 4.98 Å². The fourth-order valence-corrected chi connectivity index (χ4v) is 3.04. The Bertz CT molecular complexity index is 893. The molecule has 0 amide bonds. The highest BCUT2D eigenvalue weighted by Gasteiger charge is 2.08. The number of rotatable bonds is 0. The van der Waals surface area contributed by atoms with E-state index in [1.54, 1.807) is 0 Å². The minimum absolute atomic E-state index is 1.03. The number of pyridine rings is 1. The molecule has 0 radical (unpaired) electrons. The maximum absolute atomic E-state index is 4.48. The first-order valence-corrected chi connectivity index (χ1v) is 6.85. The predicted molar refractivity (Wildman–Crippen MR) is 82.9 cm³/mol. The maximum Gasteiger partial charge on any atom is 0.145 e. The molecule has 0 bridgehead atoms. The Hall–Kier alpha value is -1.62. The van der Waals surface area contributed by atoms with E-state index in [9.17, 15) is 0 Å². The van der Waals surface area contributed by atoms with Gasteiger partial charge in [-0.3, -0.25) is 4.40 Å². The summed E-state index contributed by atoms with van der Waals surface area (Å²) >= 11 is 2.36. The Labute approximate surface area is 117 Å². The van der Waals surface area contributed by atoms with Crippen LogP contribution in [-0.4, -0.2) is 9.38 Å². The average Bonchev–Trinajstić information content (AvgIpc) is 2.88. The average molecular weight is 344 g/mol. The molecule has 2 aromatic heterocycles. The van der Waals surface area contributed by atoms with E-state index in [0.29, 0.717) is 0 Å². The zero-order valence-electron chi connectivity index (χ0n) is 9.47. The number of benzene rings is 2. The predicted octanol–water partition coefficient (Wildman–Crippen LogP) is 4.25. The number of nitrogens with zero attached hydrogens (tertiary/aromatic N) is 2. The summed E-state index contributed by atoms with van der Waals surface area (Å²) in [6, 6.07) is 15.0. The van der Waals surface area contributed by atoms with Crippen LogP contribution in [0, 0.1) is 3.57 Å². The molecule has 18 heavy (non-hydrogen) atoms. The van der Waals surface area contributed by atoms with Crippen molar-refractivity contribution in [3.05, 3.63) is 58.4 Å². The summed E-state index contributed by atoms with van der Waals surface area (Å²) in [5.74, 6) is 0. The Morgan fingerprint density at radius 2 is 1.78 bits per heavy atom. The Morgan fingerprint density at radius 3 is 2.67 bits per heavy atom. The fourth-order valence-electron chi connectivity index (χ4n) is 2.54. The smallest absolute Gasteiger partial charge is 0.145 e. The minimum Gasteiger partial charge on any atom is -0.299 e. The zero-order valence-corrected chi connectivity index (χ0v) is 11.6. The topological polar surface area (TPSA) is 17.3 Å². The van der Waals surface area contributed by atoms with Crippen molar-refractivity contribution < 1.29 is 0 Å². The second kappa shape index (κ2) is 3.68. The van der Waals surface area contributed by atoms with Crippen LogP contribution in [0.5, 0.6) is 0 Å². The van der Waals surface area contributed by atoms with E-state index in [2.05, 4.69) is 74.4 Å². The molecule has 3 heteroatoms. The summed E-state index contributed by atoms with van der Waals surface area (Å²) in [5, 5.41) is 3.75. The number of aromatic nitrogens is 2. The Balaban J connectivity index is 2.44. The van der Waals surface area contributed by atoms with Crippen molar-refractivity contribution in [3.63, 3.8) is 0 Å². The van der Waals surface area contributed by atoms with Crippen molar-refractivity contribution in [2.75, 3.05) is 0 Å².